The maximum Gasteiger partial charge on any atom is 0.224 e. The summed E-state index contributed by atoms with van der Waals surface area (Å²) in [6.45, 7) is 7.95. The molecule has 1 atom stereocenters. The zero-order valence-electron chi connectivity index (χ0n) is 14.5. The van der Waals surface area contributed by atoms with Crippen LogP contribution < -0.4 is 5.32 Å². The SMILES string of the molecule is CC(C)N[C@@H](CSc1ccccc1)CC(=O)N1CCN(C)CC1. The highest BCUT2D eigenvalue weighted by Gasteiger charge is 2.22. The summed E-state index contributed by atoms with van der Waals surface area (Å²) in [6, 6.07) is 11.0. The summed E-state index contributed by atoms with van der Waals surface area (Å²) in [4.78, 5) is 18.1. The van der Waals surface area contributed by atoms with Gasteiger partial charge in [-0.1, -0.05) is 32.0 Å². The Morgan fingerprint density at radius 1 is 1.17 bits per heavy atom. The van der Waals surface area contributed by atoms with E-state index in [4.69, 9.17) is 0 Å². The fourth-order valence-electron chi connectivity index (χ4n) is 2.75. The average molecular weight is 336 g/mol. The number of nitrogens with zero attached hydrogens (tertiary/aromatic N) is 2. The van der Waals surface area contributed by atoms with Gasteiger partial charge in [-0.15, -0.1) is 11.8 Å². The monoisotopic (exact) mass is 335 g/mol. The second kappa shape index (κ2) is 9.30. The van der Waals surface area contributed by atoms with Crippen molar-refractivity contribution in [2.45, 2.75) is 37.2 Å². The Hall–Kier alpha value is -1.04. The Morgan fingerprint density at radius 3 is 2.43 bits per heavy atom. The standard InChI is InChI=1S/C18H29N3OS/c1-15(2)19-16(14-23-17-7-5-4-6-8-17)13-18(22)21-11-9-20(3)10-12-21/h4-8,15-16,19H,9-14H2,1-3H3/t16-/m1/s1. The van der Waals surface area contributed by atoms with Gasteiger partial charge < -0.3 is 15.1 Å². The second-order valence-corrected chi connectivity index (χ2v) is 7.62. The van der Waals surface area contributed by atoms with Crippen LogP contribution in [0, 0.1) is 0 Å². The molecule has 23 heavy (non-hydrogen) atoms. The number of amides is 1. The molecular weight excluding hydrogens is 306 g/mol. The van der Waals surface area contributed by atoms with Crippen LogP contribution in [0.3, 0.4) is 0 Å². The molecule has 0 radical (unpaired) electrons. The molecule has 1 aromatic carbocycles. The fourth-order valence-corrected chi connectivity index (χ4v) is 3.70. The zero-order valence-corrected chi connectivity index (χ0v) is 15.3. The molecule has 4 nitrogen and oxygen atoms in total. The summed E-state index contributed by atoms with van der Waals surface area (Å²) >= 11 is 1.82. The number of carbonyl (C=O) groups excluding carboxylic acids is 1. The fraction of sp³-hybridized carbons (Fsp3) is 0.611. The molecule has 2 rings (SSSR count). The molecule has 1 saturated heterocycles. The molecule has 1 amide bonds. The molecule has 1 heterocycles. The summed E-state index contributed by atoms with van der Waals surface area (Å²) in [6.07, 6.45) is 0.585. The van der Waals surface area contributed by atoms with Crippen LogP contribution in [0.25, 0.3) is 0 Å². The molecule has 0 spiro atoms. The van der Waals surface area contributed by atoms with E-state index in [0.29, 0.717) is 12.5 Å². The van der Waals surface area contributed by atoms with E-state index < -0.39 is 0 Å². The van der Waals surface area contributed by atoms with Crippen molar-refractivity contribution in [2.75, 3.05) is 39.0 Å². The normalized spacial score (nSPS) is 17.5. The number of rotatable bonds is 7. The Labute approximate surface area is 144 Å². The number of hydrogen-bond acceptors (Lipinski definition) is 4. The highest BCUT2D eigenvalue weighted by Crippen LogP contribution is 2.19. The van der Waals surface area contributed by atoms with E-state index in [9.17, 15) is 4.79 Å². The number of piperazine rings is 1. The summed E-state index contributed by atoms with van der Waals surface area (Å²) in [5, 5.41) is 3.55. The predicted octanol–water partition coefficient (Wildman–Crippen LogP) is 2.31. The van der Waals surface area contributed by atoms with Crippen molar-refractivity contribution in [2.24, 2.45) is 0 Å². The minimum Gasteiger partial charge on any atom is -0.340 e. The summed E-state index contributed by atoms with van der Waals surface area (Å²) in [5.74, 6) is 1.20. The predicted molar refractivity (Wildman–Crippen MR) is 97.9 cm³/mol. The van der Waals surface area contributed by atoms with E-state index in [0.717, 1.165) is 31.9 Å². The Kier molecular flexibility index (Phi) is 7.40. The van der Waals surface area contributed by atoms with Gasteiger partial charge in [-0.25, -0.2) is 0 Å². The number of benzene rings is 1. The van der Waals surface area contributed by atoms with Gasteiger partial charge in [0.25, 0.3) is 0 Å². The van der Waals surface area contributed by atoms with Gasteiger partial charge in [0.15, 0.2) is 0 Å². The van der Waals surface area contributed by atoms with Crippen LogP contribution >= 0.6 is 11.8 Å². The first kappa shape index (κ1) is 18.3. The van der Waals surface area contributed by atoms with E-state index in [1.54, 1.807) is 0 Å². The first-order chi connectivity index (χ1) is 11.0. The lowest BCUT2D eigenvalue weighted by atomic mass is 10.1. The maximum absolute atomic E-state index is 12.6. The largest absolute Gasteiger partial charge is 0.340 e. The first-order valence-corrected chi connectivity index (χ1v) is 9.43. The molecular formula is C18H29N3OS. The van der Waals surface area contributed by atoms with Crippen LogP contribution in [-0.2, 0) is 4.79 Å². The van der Waals surface area contributed by atoms with Crippen molar-refractivity contribution in [3.63, 3.8) is 0 Å². The summed E-state index contributed by atoms with van der Waals surface area (Å²) in [5.41, 5.74) is 0. The molecule has 5 heteroatoms. The van der Waals surface area contributed by atoms with Gasteiger partial charge in [0.2, 0.25) is 5.91 Å². The topological polar surface area (TPSA) is 35.6 Å². The van der Waals surface area contributed by atoms with Crippen LogP contribution in [0.2, 0.25) is 0 Å². The van der Waals surface area contributed by atoms with Crippen LogP contribution in [0.4, 0.5) is 0 Å². The highest BCUT2D eigenvalue weighted by molar-refractivity contribution is 7.99. The van der Waals surface area contributed by atoms with Gasteiger partial charge in [0.05, 0.1) is 0 Å². The quantitative estimate of drug-likeness (QED) is 0.776. The molecule has 1 aliphatic heterocycles. The molecule has 128 valence electrons. The van der Waals surface area contributed by atoms with Crippen molar-refractivity contribution in [3.8, 4) is 0 Å². The van der Waals surface area contributed by atoms with Gasteiger partial charge >= 0.3 is 0 Å². The second-order valence-electron chi connectivity index (χ2n) is 6.53. The van der Waals surface area contributed by atoms with Crippen molar-refractivity contribution < 1.29 is 4.79 Å². The summed E-state index contributed by atoms with van der Waals surface area (Å²) in [7, 11) is 2.11. The number of hydrogen-bond donors (Lipinski definition) is 1. The minimum atomic E-state index is 0.215. The van der Waals surface area contributed by atoms with Gasteiger partial charge in [0, 0.05) is 55.3 Å². The van der Waals surface area contributed by atoms with Gasteiger partial charge in [0.1, 0.15) is 0 Å². The lowest BCUT2D eigenvalue weighted by molar-refractivity contribution is -0.133. The van der Waals surface area contributed by atoms with E-state index in [1.807, 2.05) is 22.7 Å². The van der Waals surface area contributed by atoms with Crippen LogP contribution in [-0.4, -0.2) is 66.8 Å². The highest BCUT2D eigenvalue weighted by atomic mass is 32.2. The Morgan fingerprint density at radius 2 is 1.83 bits per heavy atom. The third-order valence-corrected chi connectivity index (χ3v) is 5.21. The average Bonchev–Trinajstić information content (AvgIpc) is 2.53. The third kappa shape index (κ3) is 6.53. The first-order valence-electron chi connectivity index (χ1n) is 8.45. The number of likely N-dealkylation sites (N-methyl/N-ethyl adjacent to an activating group) is 1. The van der Waals surface area contributed by atoms with Crippen molar-refractivity contribution in [1.29, 1.82) is 0 Å². The van der Waals surface area contributed by atoms with Crippen molar-refractivity contribution in [3.05, 3.63) is 30.3 Å². The number of thioether (sulfide) groups is 1. The van der Waals surface area contributed by atoms with Crippen molar-refractivity contribution in [1.82, 2.24) is 15.1 Å². The lowest BCUT2D eigenvalue weighted by Gasteiger charge is -2.33. The molecule has 1 aromatic rings. The maximum atomic E-state index is 12.6. The molecule has 0 saturated carbocycles. The van der Waals surface area contributed by atoms with Crippen LogP contribution in [0.5, 0.6) is 0 Å². The summed E-state index contributed by atoms with van der Waals surface area (Å²) < 4.78 is 0. The minimum absolute atomic E-state index is 0.215. The van der Waals surface area contributed by atoms with Crippen LogP contribution in [0.15, 0.2) is 35.2 Å². The van der Waals surface area contributed by atoms with Crippen molar-refractivity contribution >= 4 is 17.7 Å². The van der Waals surface area contributed by atoms with E-state index in [-0.39, 0.29) is 11.9 Å². The Bertz CT molecular complexity index is 472. The van der Waals surface area contributed by atoms with Gasteiger partial charge in [-0.3, -0.25) is 4.79 Å². The molecule has 0 aromatic heterocycles. The lowest BCUT2D eigenvalue weighted by Crippen LogP contribution is -2.49. The van der Waals surface area contributed by atoms with E-state index >= 15 is 0 Å². The van der Waals surface area contributed by atoms with Crippen LogP contribution in [0.1, 0.15) is 20.3 Å². The molecule has 0 aliphatic carbocycles. The van der Waals surface area contributed by atoms with E-state index in [2.05, 4.69) is 55.4 Å². The number of nitrogens with one attached hydrogen (secondary N) is 1. The molecule has 1 N–H and O–H groups in total. The molecule has 0 unspecified atom stereocenters. The van der Waals surface area contributed by atoms with Gasteiger partial charge in [-0.2, -0.15) is 0 Å². The smallest absolute Gasteiger partial charge is 0.224 e. The Balaban J connectivity index is 1.86. The van der Waals surface area contributed by atoms with Gasteiger partial charge in [-0.05, 0) is 19.2 Å². The molecule has 1 aliphatic rings. The number of carbonyl (C=O) groups is 1. The van der Waals surface area contributed by atoms with E-state index in [1.165, 1.54) is 4.90 Å². The molecule has 0 bridgehead atoms. The third-order valence-electron chi connectivity index (χ3n) is 4.04. The molecule has 1 fully saturated rings. The zero-order chi connectivity index (χ0) is 16.7.